The van der Waals surface area contributed by atoms with E-state index in [4.69, 9.17) is 4.74 Å². The Morgan fingerprint density at radius 2 is 1.58 bits per heavy atom. The van der Waals surface area contributed by atoms with E-state index in [-0.39, 0.29) is 5.91 Å². The number of ether oxygens (including phenoxy) is 1. The average Bonchev–Trinajstić information content (AvgIpc) is 3.26. The van der Waals surface area contributed by atoms with Crippen LogP contribution < -0.4 is 10.1 Å². The highest BCUT2D eigenvalue weighted by atomic mass is 16.5. The van der Waals surface area contributed by atoms with Crippen molar-refractivity contribution in [2.24, 2.45) is 7.05 Å². The first-order chi connectivity index (χ1) is 17.1. The molecule has 7 heteroatoms. The van der Waals surface area contributed by atoms with Gasteiger partial charge in [-0.2, -0.15) is 5.10 Å². The number of benzene rings is 3. The lowest BCUT2D eigenvalue weighted by molar-refractivity contribution is -0.152. The molecule has 4 rings (SSSR count). The van der Waals surface area contributed by atoms with E-state index in [1.807, 2.05) is 61.5 Å². The number of rotatable bonds is 8. The summed E-state index contributed by atoms with van der Waals surface area (Å²) in [5.41, 5.74) is 4.70. The topological polar surface area (TPSA) is 93.5 Å². The van der Waals surface area contributed by atoms with Crippen LogP contribution in [0.4, 0.5) is 0 Å². The molecule has 0 aliphatic heterocycles. The van der Waals surface area contributed by atoms with Crippen molar-refractivity contribution in [1.29, 1.82) is 0 Å². The van der Waals surface area contributed by atoms with Crippen LogP contribution in [-0.4, -0.2) is 32.4 Å². The SMILES string of the molecule is Cc1cc(CNC(=O)c2cc(-c3ccc(-c4ccccc4)cc3)nn2C)ccc1OC(C)(C)C(=O)O. The van der Waals surface area contributed by atoms with E-state index in [2.05, 4.69) is 22.5 Å². The van der Waals surface area contributed by atoms with Gasteiger partial charge < -0.3 is 15.2 Å². The maximum Gasteiger partial charge on any atom is 0.347 e. The van der Waals surface area contributed by atoms with E-state index in [9.17, 15) is 14.7 Å². The minimum absolute atomic E-state index is 0.234. The first-order valence-corrected chi connectivity index (χ1v) is 11.6. The molecule has 0 fully saturated rings. The van der Waals surface area contributed by atoms with Crippen molar-refractivity contribution < 1.29 is 19.4 Å². The fourth-order valence-electron chi connectivity index (χ4n) is 3.81. The van der Waals surface area contributed by atoms with Crippen LogP contribution in [0, 0.1) is 6.92 Å². The van der Waals surface area contributed by atoms with Crippen molar-refractivity contribution in [3.05, 3.63) is 95.7 Å². The van der Waals surface area contributed by atoms with Crippen LogP contribution in [0.15, 0.2) is 78.9 Å². The smallest absolute Gasteiger partial charge is 0.347 e. The number of nitrogens with one attached hydrogen (secondary N) is 1. The van der Waals surface area contributed by atoms with Crippen LogP contribution in [0.1, 0.15) is 35.5 Å². The molecule has 0 bridgehead atoms. The second-order valence-electron chi connectivity index (χ2n) is 9.18. The molecule has 0 aliphatic rings. The lowest BCUT2D eigenvalue weighted by Crippen LogP contribution is -2.38. The molecule has 4 aromatic rings. The molecule has 1 aromatic heterocycles. The zero-order chi connectivity index (χ0) is 25.9. The Bertz CT molecular complexity index is 1390. The summed E-state index contributed by atoms with van der Waals surface area (Å²) in [6.45, 7) is 5.16. The van der Waals surface area contributed by atoms with Crippen LogP contribution >= 0.6 is 0 Å². The van der Waals surface area contributed by atoms with Gasteiger partial charge in [-0.25, -0.2) is 4.79 Å². The summed E-state index contributed by atoms with van der Waals surface area (Å²) >= 11 is 0. The number of carbonyl (C=O) groups excluding carboxylic acids is 1. The second-order valence-corrected chi connectivity index (χ2v) is 9.18. The third-order valence-corrected chi connectivity index (χ3v) is 5.97. The van der Waals surface area contributed by atoms with E-state index in [0.717, 1.165) is 33.5 Å². The summed E-state index contributed by atoms with van der Waals surface area (Å²) in [7, 11) is 1.75. The van der Waals surface area contributed by atoms with Crippen molar-refractivity contribution in [1.82, 2.24) is 15.1 Å². The van der Waals surface area contributed by atoms with Crippen molar-refractivity contribution >= 4 is 11.9 Å². The predicted octanol–water partition coefficient (Wildman–Crippen LogP) is 5.23. The molecular weight excluding hydrogens is 454 g/mol. The second kappa shape index (κ2) is 10.1. The van der Waals surface area contributed by atoms with Gasteiger partial charge in [0.05, 0.1) is 5.69 Å². The third-order valence-electron chi connectivity index (χ3n) is 5.97. The van der Waals surface area contributed by atoms with Gasteiger partial charge in [-0.3, -0.25) is 9.48 Å². The lowest BCUT2D eigenvalue weighted by atomic mass is 10.0. The fourth-order valence-corrected chi connectivity index (χ4v) is 3.81. The summed E-state index contributed by atoms with van der Waals surface area (Å²) in [5.74, 6) is -0.782. The summed E-state index contributed by atoms with van der Waals surface area (Å²) in [6.07, 6.45) is 0. The van der Waals surface area contributed by atoms with Gasteiger partial charge in [0.1, 0.15) is 11.4 Å². The van der Waals surface area contributed by atoms with Crippen LogP contribution in [0.25, 0.3) is 22.4 Å². The van der Waals surface area contributed by atoms with Crippen LogP contribution in [0.3, 0.4) is 0 Å². The van der Waals surface area contributed by atoms with Gasteiger partial charge in [0.25, 0.3) is 5.91 Å². The molecule has 36 heavy (non-hydrogen) atoms. The summed E-state index contributed by atoms with van der Waals surface area (Å²) in [6, 6.07) is 25.4. The quantitative estimate of drug-likeness (QED) is 0.358. The molecule has 7 nitrogen and oxygen atoms in total. The number of carbonyl (C=O) groups is 2. The number of carboxylic acids is 1. The predicted molar refractivity (Wildman–Crippen MR) is 139 cm³/mol. The Labute approximate surface area is 210 Å². The summed E-state index contributed by atoms with van der Waals surface area (Å²) in [5, 5.41) is 16.7. The molecule has 0 radical (unpaired) electrons. The maximum absolute atomic E-state index is 12.9. The Balaban J connectivity index is 1.42. The molecule has 2 N–H and O–H groups in total. The minimum atomic E-state index is -1.33. The molecule has 184 valence electrons. The molecule has 0 saturated carbocycles. The Hall–Kier alpha value is -4.39. The minimum Gasteiger partial charge on any atom is -0.478 e. The summed E-state index contributed by atoms with van der Waals surface area (Å²) < 4.78 is 7.21. The zero-order valence-electron chi connectivity index (χ0n) is 20.8. The maximum atomic E-state index is 12.9. The first kappa shape index (κ1) is 24.7. The van der Waals surface area contributed by atoms with E-state index in [1.54, 1.807) is 23.9 Å². The number of hydrogen-bond acceptors (Lipinski definition) is 4. The molecule has 1 heterocycles. The van der Waals surface area contributed by atoms with Crippen LogP contribution in [0.5, 0.6) is 5.75 Å². The number of carboxylic acid groups (broad SMARTS) is 1. The van der Waals surface area contributed by atoms with Crippen LogP contribution in [0.2, 0.25) is 0 Å². The number of amides is 1. The first-order valence-electron chi connectivity index (χ1n) is 11.6. The van der Waals surface area contributed by atoms with E-state index in [1.165, 1.54) is 13.8 Å². The van der Waals surface area contributed by atoms with Gasteiger partial charge in [-0.05, 0) is 55.2 Å². The number of hydrogen-bond donors (Lipinski definition) is 2. The molecule has 0 unspecified atom stereocenters. The van der Waals surface area contributed by atoms with Gasteiger partial charge >= 0.3 is 5.97 Å². The van der Waals surface area contributed by atoms with E-state index in [0.29, 0.717) is 18.0 Å². The van der Waals surface area contributed by atoms with Crippen LogP contribution in [-0.2, 0) is 18.4 Å². The van der Waals surface area contributed by atoms with Gasteiger partial charge in [0.2, 0.25) is 0 Å². The number of aliphatic carboxylic acids is 1. The standard InChI is InChI=1S/C29H29N3O4/c1-19-16-20(10-15-26(19)36-29(2,3)28(34)35)18-30-27(33)25-17-24(31-32(25)4)23-13-11-22(12-14-23)21-8-6-5-7-9-21/h5-17H,18H2,1-4H3,(H,30,33)(H,34,35). The average molecular weight is 484 g/mol. The Kier molecular flexibility index (Phi) is 6.92. The largest absolute Gasteiger partial charge is 0.478 e. The highest BCUT2D eigenvalue weighted by Crippen LogP contribution is 2.26. The lowest BCUT2D eigenvalue weighted by Gasteiger charge is -2.23. The fraction of sp³-hybridized carbons (Fsp3) is 0.207. The third kappa shape index (κ3) is 5.46. The highest BCUT2D eigenvalue weighted by molar-refractivity contribution is 5.93. The Morgan fingerprint density at radius 1 is 0.944 bits per heavy atom. The molecule has 0 spiro atoms. The normalized spacial score (nSPS) is 11.2. The zero-order valence-corrected chi connectivity index (χ0v) is 20.8. The van der Waals surface area contributed by atoms with Crippen molar-refractivity contribution in [3.63, 3.8) is 0 Å². The number of aryl methyl sites for hydroxylation is 2. The van der Waals surface area contributed by atoms with Crippen molar-refractivity contribution in [2.75, 3.05) is 0 Å². The van der Waals surface area contributed by atoms with Gasteiger partial charge in [0.15, 0.2) is 5.60 Å². The molecule has 0 aliphatic carbocycles. The number of nitrogens with zero attached hydrogens (tertiary/aromatic N) is 2. The number of aromatic nitrogens is 2. The molecule has 0 atom stereocenters. The van der Waals surface area contributed by atoms with Gasteiger partial charge in [-0.15, -0.1) is 0 Å². The van der Waals surface area contributed by atoms with Gasteiger partial charge in [0, 0.05) is 19.2 Å². The monoisotopic (exact) mass is 483 g/mol. The Morgan fingerprint density at radius 3 is 2.22 bits per heavy atom. The highest BCUT2D eigenvalue weighted by Gasteiger charge is 2.29. The van der Waals surface area contributed by atoms with Crippen molar-refractivity contribution in [3.8, 4) is 28.1 Å². The molecule has 0 saturated heterocycles. The van der Waals surface area contributed by atoms with Crippen molar-refractivity contribution in [2.45, 2.75) is 32.9 Å². The van der Waals surface area contributed by atoms with E-state index < -0.39 is 11.6 Å². The van der Waals surface area contributed by atoms with Gasteiger partial charge in [-0.1, -0.05) is 66.7 Å². The molecular formula is C29H29N3O4. The van der Waals surface area contributed by atoms with E-state index >= 15 is 0 Å². The summed E-state index contributed by atoms with van der Waals surface area (Å²) in [4.78, 5) is 24.2. The molecule has 3 aromatic carbocycles. The molecule has 1 amide bonds.